The highest BCUT2D eigenvalue weighted by atomic mass is 35.5. The van der Waals surface area contributed by atoms with Gasteiger partial charge >= 0.3 is 0 Å². The lowest BCUT2D eigenvalue weighted by molar-refractivity contribution is -0.384. The van der Waals surface area contributed by atoms with Crippen molar-refractivity contribution in [2.75, 3.05) is 13.1 Å². The summed E-state index contributed by atoms with van der Waals surface area (Å²) in [6, 6.07) is 14.9. The Balaban J connectivity index is 2.10. The number of hydrogen-bond acceptors (Lipinski definition) is 4. The Morgan fingerprint density at radius 3 is 2.36 bits per heavy atom. The number of halogens is 1. The molecule has 0 aromatic heterocycles. The van der Waals surface area contributed by atoms with Gasteiger partial charge in [-0.05, 0) is 17.2 Å². The molecule has 0 atom stereocenters. The average Bonchev–Trinajstić information content (AvgIpc) is 2.48. The maximum Gasteiger partial charge on any atom is 0.287 e. The second-order valence-corrected chi connectivity index (χ2v) is 5.44. The average molecular weight is 320 g/mol. The van der Waals surface area contributed by atoms with Crippen LogP contribution in [0.4, 0.5) is 5.69 Å². The molecule has 0 fully saturated rings. The number of nitro groups is 1. The highest BCUT2D eigenvalue weighted by molar-refractivity contribution is 6.32. The summed E-state index contributed by atoms with van der Waals surface area (Å²) < 4.78 is 0. The fraction of sp³-hybridized carbons (Fsp3) is 0.250. The van der Waals surface area contributed by atoms with Crippen molar-refractivity contribution in [3.63, 3.8) is 0 Å². The van der Waals surface area contributed by atoms with Crippen molar-refractivity contribution in [2.24, 2.45) is 5.73 Å². The van der Waals surface area contributed by atoms with Crippen LogP contribution in [0.3, 0.4) is 0 Å². The zero-order chi connectivity index (χ0) is 15.9. The summed E-state index contributed by atoms with van der Waals surface area (Å²) in [5, 5.41) is 11.0. The molecule has 2 rings (SSSR count). The van der Waals surface area contributed by atoms with Gasteiger partial charge in [-0.3, -0.25) is 15.0 Å². The Labute approximate surface area is 134 Å². The number of nitrogens with two attached hydrogens (primary N) is 1. The van der Waals surface area contributed by atoms with Crippen molar-refractivity contribution in [3.05, 3.63) is 74.8 Å². The molecular formula is C16H18ClN3O2. The third-order valence-corrected chi connectivity index (χ3v) is 3.61. The maximum atomic E-state index is 10.8. The Kier molecular flexibility index (Phi) is 5.89. The number of rotatable bonds is 7. The third kappa shape index (κ3) is 4.53. The van der Waals surface area contributed by atoms with Gasteiger partial charge in [0, 0.05) is 32.2 Å². The minimum atomic E-state index is -0.478. The van der Waals surface area contributed by atoms with Gasteiger partial charge in [0.15, 0.2) is 0 Å². The van der Waals surface area contributed by atoms with E-state index in [1.54, 1.807) is 12.1 Å². The van der Waals surface area contributed by atoms with E-state index in [-0.39, 0.29) is 10.7 Å². The van der Waals surface area contributed by atoms with Crippen LogP contribution in [0.5, 0.6) is 0 Å². The number of hydrogen-bond donors (Lipinski definition) is 1. The molecule has 0 unspecified atom stereocenters. The largest absolute Gasteiger partial charge is 0.329 e. The first kappa shape index (κ1) is 16.4. The summed E-state index contributed by atoms with van der Waals surface area (Å²) in [5.74, 6) is 0. The van der Waals surface area contributed by atoms with Gasteiger partial charge in [-0.2, -0.15) is 0 Å². The Bertz CT molecular complexity index is 635. The zero-order valence-electron chi connectivity index (χ0n) is 12.1. The van der Waals surface area contributed by atoms with Crippen molar-refractivity contribution in [2.45, 2.75) is 13.1 Å². The van der Waals surface area contributed by atoms with Gasteiger partial charge in [0.1, 0.15) is 5.02 Å². The lowest BCUT2D eigenvalue weighted by Crippen LogP contribution is -2.28. The van der Waals surface area contributed by atoms with E-state index < -0.39 is 4.92 Å². The van der Waals surface area contributed by atoms with Crippen LogP contribution in [-0.4, -0.2) is 22.9 Å². The molecule has 0 spiro atoms. The second kappa shape index (κ2) is 7.89. The predicted molar refractivity (Wildman–Crippen MR) is 87.7 cm³/mol. The predicted octanol–water partition coefficient (Wildman–Crippen LogP) is 3.21. The van der Waals surface area contributed by atoms with Crippen LogP contribution in [0, 0.1) is 10.1 Å². The molecule has 6 heteroatoms. The van der Waals surface area contributed by atoms with Crippen LogP contribution in [0.1, 0.15) is 11.1 Å². The van der Waals surface area contributed by atoms with Crippen molar-refractivity contribution in [3.8, 4) is 0 Å². The van der Waals surface area contributed by atoms with Gasteiger partial charge in [0.2, 0.25) is 0 Å². The van der Waals surface area contributed by atoms with E-state index in [2.05, 4.69) is 17.0 Å². The van der Waals surface area contributed by atoms with E-state index in [1.807, 2.05) is 18.2 Å². The monoisotopic (exact) mass is 319 g/mol. The Morgan fingerprint density at radius 1 is 1.09 bits per heavy atom. The number of nitro benzene ring substituents is 1. The van der Waals surface area contributed by atoms with Crippen molar-refractivity contribution < 1.29 is 4.92 Å². The van der Waals surface area contributed by atoms with E-state index >= 15 is 0 Å². The summed E-state index contributed by atoms with van der Waals surface area (Å²) in [5.41, 5.74) is 7.73. The molecular weight excluding hydrogens is 302 g/mol. The molecule has 0 saturated heterocycles. The molecule has 22 heavy (non-hydrogen) atoms. The maximum absolute atomic E-state index is 10.8. The summed E-state index contributed by atoms with van der Waals surface area (Å²) in [6.45, 7) is 2.70. The fourth-order valence-corrected chi connectivity index (χ4v) is 2.57. The molecule has 0 aliphatic carbocycles. The first-order valence-corrected chi connectivity index (χ1v) is 7.37. The van der Waals surface area contributed by atoms with E-state index in [0.29, 0.717) is 13.1 Å². The van der Waals surface area contributed by atoms with Crippen LogP contribution in [0.15, 0.2) is 48.5 Å². The molecule has 0 saturated carbocycles. The zero-order valence-corrected chi connectivity index (χ0v) is 12.9. The van der Waals surface area contributed by atoms with Crippen LogP contribution >= 0.6 is 11.6 Å². The highest BCUT2D eigenvalue weighted by Gasteiger charge is 2.13. The van der Waals surface area contributed by atoms with Crippen LogP contribution in [-0.2, 0) is 13.1 Å². The summed E-state index contributed by atoms with van der Waals surface area (Å²) in [4.78, 5) is 12.5. The fourth-order valence-electron chi connectivity index (χ4n) is 2.29. The molecule has 0 heterocycles. The molecule has 0 radical (unpaired) electrons. The summed E-state index contributed by atoms with van der Waals surface area (Å²) >= 11 is 5.96. The van der Waals surface area contributed by atoms with Gasteiger partial charge in [-0.1, -0.05) is 48.0 Å². The van der Waals surface area contributed by atoms with Gasteiger partial charge < -0.3 is 5.73 Å². The lowest BCUT2D eigenvalue weighted by Gasteiger charge is -2.22. The standard InChI is InChI=1S/C16H18ClN3O2/c17-15-10-14(6-7-16(15)20(21)22)12-19(9-8-18)11-13-4-2-1-3-5-13/h1-7,10H,8-9,11-12,18H2. The molecule has 0 aliphatic heterocycles. The van der Waals surface area contributed by atoms with Gasteiger partial charge in [-0.25, -0.2) is 0 Å². The Hall–Kier alpha value is -1.95. The summed E-state index contributed by atoms with van der Waals surface area (Å²) in [7, 11) is 0. The topological polar surface area (TPSA) is 72.4 Å². The minimum Gasteiger partial charge on any atom is -0.329 e. The number of benzene rings is 2. The minimum absolute atomic E-state index is 0.0705. The van der Waals surface area contributed by atoms with Gasteiger partial charge in [0.05, 0.1) is 4.92 Å². The van der Waals surface area contributed by atoms with Gasteiger partial charge in [0.25, 0.3) is 5.69 Å². The third-order valence-electron chi connectivity index (χ3n) is 3.31. The molecule has 0 amide bonds. The van der Waals surface area contributed by atoms with Gasteiger partial charge in [-0.15, -0.1) is 0 Å². The molecule has 0 bridgehead atoms. The second-order valence-electron chi connectivity index (χ2n) is 5.03. The van der Waals surface area contributed by atoms with Crippen molar-refractivity contribution in [1.82, 2.24) is 4.90 Å². The van der Waals surface area contributed by atoms with E-state index in [0.717, 1.165) is 18.7 Å². The molecule has 5 nitrogen and oxygen atoms in total. The molecule has 116 valence electrons. The first-order chi connectivity index (χ1) is 10.6. The smallest absolute Gasteiger partial charge is 0.287 e. The Morgan fingerprint density at radius 2 is 1.77 bits per heavy atom. The van der Waals surface area contributed by atoms with Crippen molar-refractivity contribution in [1.29, 1.82) is 0 Å². The first-order valence-electron chi connectivity index (χ1n) is 6.99. The van der Waals surface area contributed by atoms with Crippen LogP contribution < -0.4 is 5.73 Å². The molecule has 2 aromatic carbocycles. The lowest BCUT2D eigenvalue weighted by atomic mass is 10.1. The van der Waals surface area contributed by atoms with E-state index in [9.17, 15) is 10.1 Å². The SMILES string of the molecule is NCCN(Cc1ccccc1)Cc1ccc([N+](=O)[O-])c(Cl)c1. The quantitative estimate of drug-likeness (QED) is 0.628. The van der Waals surface area contributed by atoms with Crippen LogP contribution in [0.2, 0.25) is 5.02 Å². The van der Waals surface area contributed by atoms with Crippen LogP contribution in [0.25, 0.3) is 0 Å². The van der Waals surface area contributed by atoms with E-state index in [1.165, 1.54) is 11.6 Å². The molecule has 0 aliphatic rings. The summed E-state index contributed by atoms with van der Waals surface area (Å²) in [6.07, 6.45) is 0. The molecule has 2 aromatic rings. The molecule has 2 N–H and O–H groups in total. The van der Waals surface area contributed by atoms with E-state index in [4.69, 9.17) is 17.3 Å². The number of nitrogens with zero attached hydrogens (tertiary/aromatic N) is 2. The highest BCUT2D eigenvalue weighted by Crippen LogP contribution is 2.25. The van der Waals surface area contributed by atoms with Crippen molar-refractivity contribution >= 4 is 17.3 Å². The normalized spacial score (nSPS) is 10.9.